The second kappa shape index (κ2) is 11.0. The molecule has 3 saturated heterocycles. The van der Waals surface area contributed by atoms with Gasteiger partial charge >= 0.3 is 12.4 Å². The molecule has 224 valence electrons. The fourth-order valence-corrected chi connectivity index (χ4v) is 6.55. The zero-order valence-corrected chi connectivity index (χ0v) is 22.5. The van der Waals surface area contributed by atoms with E-state index < -0.39 is 65.7 Å². The van der Waals surface area contributed by atoms with E-state index in [0.717, 1.165) is 31.9 Å². The standard InChI is InChI=1S/C25H27F6N5O4S/c1-2-17(25(29,30)31)34-18-7-14(24(26,27)28)13(8-32-18)20-19(23(39)36-11-3-4-12(36)6-5-11)35-22(41-20)21(38)33-15-9-40-10-16(15)37/h7-8,11-12,15-17,37H,2-6,9-10H2,1H3,(H,32,34)(H,33,38)/t11-,12-,15-,16-,17-/m0/s1. The average molecular weight is 608 g/mol. The van der Waals surface area contributed by atoms with E-state index >= 15 is 0 Å². The first kappa shape index (κ1) is 29.5. The highest BCUT2D eigenvalue weighted by Crippen LogP contribution is 2.44. The van der Waals surface area contributed by atoms with Gasteiger partial charge in [-0.05, 0) is 38.2 Å². The maximum Gasteiger partial charge on any atom is 0.417 e. The quantitative estimate of drug-likeness (QED) is 0.404. The largest absolute Gasteiger partial charge is 0.417 e. The number of pyridine rings is 1. The molecular formula is C25H27F6N5O4S. The lowest BCUT2D eigenvalue weighted by Crippen LogP contribution is -2.42. The van der Waals surface area contributed by atoms with E-state index in [0.29, 0.717) is 17.4 Å². The van der Waals surface area contributed by atoms with Crippen LogP contribution >= 0.6 is 11.3 Å². The molecule has 3 fully saturated rings. The van der Waals surface area contributed by atoms with Crippen LogP contribution < -0.4 is 10.6 Å². The maximum atomic E-state index is 14.3. The number of halogens is 6. The smallest absolute Gasteiger partial charge is 0.388 e. The number of carbonyl (C=O) groups is 2. The molecule has 3 aliphatic heterocycles. The van der Waals surface area contributed by atoms with Gasteiger partial charge in [0, 0.05) is 23.8 Å². The number of aromatic nitrogens is 2. The van der Waals surface area contributed by atoms with Gasteiger partial charge in [0.25, 0.3) is 11.8 Å². The number of aliphatic hydroxyl groups is 1. The van der Waals surface area contributed by atoms with Crippen LogP contribution in [0.5, 0.6) is 0 Å². The van der Waals surface area contributed by atoms with Gasteiger partial charge in [-0.2, -0.15) is 26.3 Å². The molecule has 3 N–H and O–H groups in total. The topological polar surface area (TPSA) is 117 Å². The predicted molar refractivity (Wildman–Crippen MR) is 134 cm³/mol. The third-order valence-corrected chi connectivity index (χ3v) is 8.75. The molecule has 0 radical (unpaired) electrons. The molecule has 5 rings (SSSR count). The Morgan fingerprint density at radius 2 is 1.80 bits per heavy atom. The summed E-state index contributed by atoms with van der Waals surface area (Å²) < 4.78 is 87.8. The van der Waals surface area contributed by atoms with Gasteiger partial charge in [-0.15, -0.1) is 11.3 Å². The zero-order valence-electron chi connectivity index (χ0n) is 21.7. The Morgan fingerprint density at radius 1 is 1.15 bits per heavy atom. The van der Waals surface area contributed by atoms with Crippen molar-refractivity contribution in [1.82, 2.24) is 20.2 Å². The van der Waals surface area contributed by atoms with Crippen molar-refractivity contribution in [1.29, 1.82) is 0 Å². The van der Waals surface area contributed by atoms with E-state index in [1.54, 1.807) is 4.90 Å². The monoisotopic (exact) mass is 607 g/mol. The number of hydrogen-bond acceptors (Lipinski definition) is 8. The summed E-state index contributed by atoms with van der Waals surface area (Å²) in [5, 5.41) is 14.2. The summed E-state index contributed by atoms with van der Waals surface area (Å²) in [5.74, 6) is -2.08. The van der Waals surface area contributed by atoms with Crippen LogP contribution in [0, 0.1) is 0 Å². The normalized spacial score (nSPS) is 25.0. The van der Waals surface area contributed by atoms with Crippen molar-refractivity contribution in [2.24, 2.45) is 0 Å². The van der Waals surface area contributed by atoms with Gasteiger partial charge < -0.3 is 25.4 Å². The average Bonchev–Trinajstić information content (AvgIpc) is 3.70. The molecule has 0 aromatic carbocycles. The molecule has 5 heterocycles. The van der Waals surface area contributed by atoms with E-state index in [-0.39, 0.29) is 40.9 Å². The number of anilines is 1. The lowest BCUT2D eigenvalue weighted by molar-refractivity contribution is -0.142. The fourth-order valence-electron chi connectivity index (χ4n) is 5.57. The highest BCUT2D eigenvalue weighted by Gasteiger charge is 2.45. The van der Waals surface area contributed by atoms with Crippen molar-refractivity contribution in [3.63, 3.8) is 0 Å². The number of fused-ring (bicyclic) bond motifs is 2. The number of alkyl halides is 6. The second-order valence-corrected chi connectivity index (χ2v) is 11.3. The molecule has 3 aliphatic rings. The Kier molecular flexibility index (Phi) is 7.93. The molecule has 41 heavy (non-hydrogen) atoms. The number of nitrogens with one attached hydrogen (secondary N) is 2. The van der Waals surface area contributed by atoms with Gasteiger partial charge in [0.2, 0.25) is 0 Å². The van der Waals surface area contributed by atoms with E-state index in [9.17, 15) is 41.0 Å². The SMILES string of the molecule is CC[C@H](Nc1cc(C(F)(F)F)c(-c2sc(C(=O)N[C@H]3COC[C@@H]3O)nc2C(=O)N2[C@H]3CC[C@H]2CC3)cn1)C(F)(F)F. The van der Waals surface area contributed by atoms with Crippen LogP contribution in [-0.2, 0) is 10.9 Å². The Balaban J connectivity index is 1.56. The van der Waals surface area contributed by atoms with Gasteiger partial charge in [-0.3, -0.25) is 9.59 Å². The predicted octanol–water partition coefficient (Wildman–Crippen LogP) is 4.23. The molecule has 2 aromatic rings. The summed E-state index contributed by atoms with van der Waals surface area (Å²) in [6, 6.07) is -2.63. The van der Waals surface area contributed by atoms with Crippen LogP contribution in [0.3, 0.4) is 0 Å². The van der Waals surface area contributed by atoms with Crippen LogP contribution in [0.1, 0.15) is 64.9 Å². The van der Waals surface area contributed by atoms with Gasteiger partial charge in [-0.25, -0.2) is 9.97 Å². The number of aliphatic hydroxyl groups excluding tert-OH is 1. The number of nitrogens with zero attached hydrogens (tertiary/aromatic N) is 3. The number of hydrogen-bond donors (Lipinski definition) is 3. The van der Waals surface area contributed by atoms with Crippen molar-refractivity contribution in [2.45, 2.75) is 81.7 Å². The molecule has 0 spiro atoms. The molecule has 2 bridgehead atoms. The Labute approximate surface area is 234 Å². The number of thiazole rings is 1. The van der Waals surface area contributed by atoms with Crippen molar-refractivity contribution in [2.75, 3.05) is 18.5 Å². The van der Waals surface area contributed by atoms with Crippen molar-refractivity contribution < 1.29 is 45.8 Å². The molecule has 2 amide bonds. The Bertz CT molecular complexity index is 1300. The summed E-state index contributed by atoms with van der Waals surface area (Å²) in [5.41, 5.74) is -2.28. The van der Waals surface area contributed by atoms with Crippen molar-refractivity contribution in [3.8, 4) is 10.4 Å². The minimum absolute atomic E-state index is 0.0102. The lowest BCUT2D eigenvalue weighted by atomic mass is 10.0. The van der Waals surface area contributed by atoms with Crippen LogP contribution in [0.25, 0.3) is 10.4 Å². The minimum atomic E-state index is -5.04. The minimum Gasteiger partial charge on any atom is -0.388 e. The fraction of sp³-hybridized carbons (Fsp3) is 0.600. The molecule has 0 unspecified atom stereocenters. The summed E-state index contributed by atoms with van der Waals surface area (Å²) >= 11 is 0.541. The van der Waals surface area contributed by atoms with Crippen molar-refractivity contribution in [3.05, 3.63) is 28.5 Å². The third kappa shape index (κ3) is 5.86. The molecule has 16 heteroatoms. The van der Waals surface area contributed by atoms with Gasteiger partial charge in [0.05, 0.1) is 35.8 Å². The summed E-state index contributed by atoms with van der Waals surface area (Å²) in [6.45, 7) is 1.24. The number of rotatable bonds is 7. The second-order valence-electron chi connectivity index (χ2n) is 10.3. The van der Waals surface area contributed by atoms with Gasteiger partial charge in [-0.1, -0.05) is 6.92 Å². The molecule has 2 aromatic heterocycles. The summed E-state index contributed by atoms with van der Waals surface area (Å²) in [4.78, 5) is 36.0. The molecule has 3 atom stereocenters. The zero-order chi connectivity index (χ0) is 29.7. The van der Waals surface area contributed by atoms with Gasteiger partial charge in [0.1, 0.15) is 17.6 Å². The third-order valence-electron chi connectivity index (χ3n) is 7.66. The first-order chi connectivity index (χ1) is 19.3. The van der Waals surface area contributed by atoms with Crippen LogP contribution in [0.15, 0.2) is 12.3 Å². The molecular weight excluding hydrogens is 580 g/mol. The first-order valence-electron chi connectivity index (χ1n) is 13.1. The van der Waals surface area contributed by atoms with Crippen LogP contribution in [-0.4, -0.2) is 81.5 Å². The lowest BCUT2D eigenvalue weighted by Gasteiger charge is -2.23. The molecule has 0 aliphatic carbocycles. The van der Waals surface area contributed by atoms with E-state index in [2.05, 4.69) is 15.3 Å². The Hall–Kier alpha value is -2.98. The number of carbonyl (C=O) groups excluding carboxylic acids is 2. The van der Waals surface area contributed by atoms with Crippen molar-refractivity contribution >= 4 is 29.0 Å². The summed E-state index contributed by atoms with van der Waals surface area (Å²) in [6.07, 6.45) is -7.48. The number of amides is 2. The van der Waals surface area contributed by atoms with Crippen LogP contribution in [0.2, 0.25) is 0 Å². The van der Waals surface area contributed by atoms with E-state index in [1.807, 2.05) is 5.32 Å². The Morgan fingerprint density at radius 3 is 2.34 bits per heavy atom. The van der Waals surface area contributed by atoms with Crippen LogP contribution in [0.4, 0.5) is 32.2 Å². The summed E-state index contributed by atoms with van der Waals surface area (Å²) in [7, 11) is 0. The van der Waals surface area contributed by atoms with E-state index in [1.165, 1.54) is 6.92 Å². The van der Waals surface area contributed by atoms with E-state index in [4.69, 9.17) is 4.74 Å². The molecule has 0 saturated carbocycles. The number of ether oxygens (including phenoxy) is 1. The maximum absolute atomic E-state index is 14.3. The highest BCUT2D eigenvalue weighted by molar-refractivity contribution is 7.17. The highest BCUT2D eigenvalue weighted by atomic mass is 32.1. The first-order valence-corrected chi connectivity index (χ1v) is 13.9. The molecule has 9 nitrogen and oxygen atoms in total. The van der Waals surface area contributed by atoms with Gasteiger partial charge in [0.15, 0.2) is 5.01 Å².